The number of rotatable bonds is 6. The van der Waals surface area contributed by atoms with Gasteiger partial charge in [0.2, 0.25) is 5.78 Å². The van der Waals surface area contributed by atoms with Gasteiger partial charge in [-0.15, -0.1) is 0 Å². The van der Waals surface area contributed by atoms with E-state index in [4.69, 9.17) is 15.2 Å². The molecule has 3 aromatic rings. The van der Waals surface area contributed by atoms with Crippen molar-refractivity contribution in [1.82, 2.24) is 19.9 Å². The average Bonchev–Trinajstić information content (AvgIpc) is 3.11. The van der Waals surface area contributed by atoms with Gasteiger partial charge < -0.3 is 20.5 Å². The van der Waals surface area contributed by atoms with E-state index in [1.165, 1.54) is 10.8 Å². The summed E-state index contributed by atoms with van der Waals surface area (Å²) in [6.07, 6.45) is 1.87. The van der Waals surface area contributed by atoms with Gasteiger partial charge in [-0.2, -0.15) is 0 Å². The zero-order chi connectivity index (χ0) is 26.8. The van der Waals surface area contributed by atoms with Crippen LogP contribution in [0.3, 0.4) is 0 Å². The summed E-state index contributed by atoms with van der Waals surface area (Å²) in [7, 11) is 0. The highest BCUT2D eigenvalue weighted by Crippen LogP contribution is 2.31. The Hall–Kier alpha value is -3.47. The third-order valence-electron chi connectivity index (χ3n) is 4.92. The van der Waals surface area contributed by atoms with E-state index in [-0.39, 0.29) is 24.0 Å². The number of carbonyl (C=O) groups excluding carboxylic acids is 3. The van der Waals surface area contributed by atoms with Crippen molar-refractivity contribution in [2.45, 2.75) is 53.2 Å². The Labute approximate surface area is 217 Å². The molecule has 0 aliphatic carbocycles. The summed E-state index contributed by atoms with van der Waals surface area (Å²) in [5.41, 5.74) is 6.70. The Balaban J connectivity index is 1.95. The molecule has 0 spiro atoms. The number of hydrogen-bond donors (Lipinski definition) is 2. The van der Waals surface area contributed by atoms with Crippen LogP contribution in [0, 0.1) is 5.92 Å². The molecule has 0 bridgehead atoms. The number of nitrogens with two attached hydrogens (primary N) is 1. The lowest BCUT2D eigenvalue weighted by Gasteiger charge is -2.21. The van der Waals surface area contributed by atoms with Crippen molar-refractivity contribution >= 4 is 50.8 Å². The zero-order valence-electron chi connectivity index (χ0n) is 21.1. The predicted octanol–water partition coefficient (Wildman–Crippen LogP) is 5.18. The van der Waals surface area contributed by atoms with Gasteiger partial charge in [-0.25, -0.2) is 24.1 Å². The van der Waals surface area contributed by atoms with Crippen LogP contribution in [0.5, 0.6) is 0 Å². The molecule has 0 saturated heterocycles. The van der Waals surface area contributed by atoms with Gasteiger partial charge in [-0.3, -0.25) is 4.79 Å². The number of hydrogen-bond acceptors (Lipinski definition) is 8. The molecule has 3 heterocycles. The molecule has 0 aromatic carbocycles. The van der Waals surface area contributed by atoms with Crippen LogP contribution >= 0.6 is 15.9 Å². The number of halogens is 1. The lowest BCUT2D eigenvalue weighted by molar-refractivity contribution is 0.0496. The predicted molar refractivity (Wildman–Crippen MR) is 140 cm³/mol. The Kier molecular flexibility index (Phi) is 8.02. The molecule has 192 valence electrons. The Morgan fingerprint density at radius 1 is 1.19 bits per heavy atom. The van der Waals surface area contributed by atoms with Gasteiger partial charge in [0, 0.05) is 33.4 Å². The summed E-state index contributed by atoms with van der Waals surface area (Å²) in [6, 6.07) is 4.11. The molecule has 0 fully saturated rings. The molecule has 3 N–H and O–H groups in total. The second-order valence-electron chi connectivity index (χ2n) is 9.78. The molecule has 1 amide bonds. The van der Waals surface area contributed by atoms with E-state index >= 15 is 0 Å². The highest BCUT2D eigenvalue weighted by atomic mass is 79.9. The maximum atomic E-state index is 13.3. The summed E-state index contributed by atoms with van der Waals surface area (Å²) >= 11 is 3.47. The quantitative estimate of drug-likeness (QED) is 0.394. The standard InChI is InChI=1S/C25H30BrN5O5/c1-13(2)12-35-24(34)31-11-18(26)17-9-15(10-28-22(17)31)16-7-8-19(27)30-20(16)21(32)14(3)29-23(33)36-25(4,5)6/h7-11,13-14H,12H2,1-6H3,(H2,27,30)(H,29,33)/t14-/m0/s1. The first-order chi connectivity index (χ1) is 16.8. The van der Waals surface area contributed by atoms with Crippen molar-refractivity contribution in [3.05, 3.63) is 40.8 Å². The van der Waals surface area contributed by atoms with Gasteiger partial charge in [0.15, 0.2) is 5.65 Å². The number of nitrogens with one attached hydrogen (secondary N) is 1. The van der Waals surface area contributed by atoms with Crippen LogP contribution < -0.4 is 11.1 Å². The van der Waals surface area contributed by atoms with Crippen molar-refractivity contribution in [2.24, 2.45) is 5.92 Å². The molecule has 3 aromatic heterocycles. The summed E-state index contributed by atoms with van der Waals surface area (Å²) < 4.78 is 12.5. The Bertz CT molecular complexity index is 1310. The minimum atomic E-state index is -0.923. The van der Waals surface area contributed by atoms with E-state index in [9.17, 15) is 14.4 Å². The summed E-state index contributed by atoms with van der Waals surface area (Å²) in [6.45, 7) is 10.9. The number of pyridine rings is 2. The molecule has 3 rings (SSSR count). The number of nitrogens with zero attached hydrogens (tertiary/aromatic N) is 3. The summed E-state index contributed by atoms with van der Waals surface area (Å²) in [4.78, 5) is 46.7. The highest BCUT2D eigenvalue weighted by Gasteiger charge is 2.26. The van der Waals surface area contributed by atoms with E-state index in [0.29, 0.717) is 26.6 Å². The number of ether oxygens (including phenoxy) is 2. The molecule has 0 saturated carbocycles. The number of ketones is 1. The zero-order valence-corrected chi connectivity index (χ0v) is 22.7. The van der Waals surface area contributed by atoms with Crippen LogP contribution in [0.2, 0.25) is 0 Å². The number of nitrogen functional groups attached to an aromatic ring is 1. The topological polar surface area (TPSA) is 138 Å². The molecule has 0 radical (unpaired) electrons. The fourth-order valence-electron chi connectivity index (χ4n) is 3.31. The van der Waals surface area contributed by atoms with Crippen molar-refractivity contribution in [2.75, 3.05) is 12.3 Å². The van der Waals surface area contributed by atoms with E-state index in [2.05, 4.69) is 31.2 Å². The first-order valence-electron chi connectivity index (χ1n) is 11.4. The van der Waals surface area contributed by atoms with Gasteiger partial charge in [0.05, 0.1) is 12.6 Å². The SMILES string of the molecule is CC(C)COC(=O)n1cc(Br)c2cc(-c3ccc(N)nc3C(=O)[C@H](C)NC(=O)OC(C)(C)C)cnc21. The fourth-order valence-corrected chi connectivity index (χ4v) is 3.81. The molecule has 0 unspecified atom stereocenters. The second-order valence-corrected chi connectivity index (χ2v) is 10.6. The van der Waals surface area contributed by atoms with Crippen molar-refractivity contribution in [3.8, 4) is 11.1 Å². The second kappa shape index (κ2) is 10.7. The van der Waals surface area contributed by atoms with E-state index in [1.807, 2.05) is 13.8 Å². The molecule has 36 heavy (non-hydrogen) atoms. The van der Waals surface area contributed by atoms with Crippen molar-refractivity contribution in [1.29, 1.82) is 0 Å². The number of alkyl carbamates (subject to hydrolysis) is 1. The Morgan fingerprint density at radius 2 is 1.89 bits per heavy atom. The normalized spacial score (nSPS) is 12.4. The molecule has 0 aliphatic heterocycles. The molecule has 11 heteroatoms. The van der Waals surface area contributed by atoms with Crippen LogP contribution in [0.4, 0.5) is 15.4 Å². The van der Waals surface area contributed by atoms with E-state index < -0.39 is 29.6 Å². The third-order valence-corrected chi connectivity index (χ3v) is 5.55. The van der Waals surface area contributed by atoms with Crippen LogP contribution in [0.15, 0.2) is 35.1 Å². The minimum Gasteiger partial charge on any atom is -0.449 e. The lowest BCUT2D eigenvalue weighted by Crippen LogP contribution is -2.42. The largest absolute Gasteiger partial charge is 0.449 e. The summed E-state index contributed by atoms with van der Waals surface area (Å²) in [5.74, 6) is -0.0991. The van der Waals surface area contributed by atoms with Crippen LogP contribution in [0.25, 0.3) is 22.2 Å². The molecule has 10 nitrogen and oxygen atoms in total. The first kappa shape index (κ1) is 27.1. The number of Topliss-reactive ketones (excluding diaryl/α,β-unsaturated/α-hetero) is 1. The molecular weight excluding hydrogens is 530 g/mol. The van der Waals surface area contributed by atoms with Gasteiger partial charge in [0.1, 0.15) is 17.1 Å². The number of aromatic nitrogens is 3. The number of carbonyl (C=O) groups is 3. The highest BCUT2D eigenvalue weighted by molar-refractivity contribution is 9.10. The lowest BCUT2D eigenvalue weighted by atomic mass is 9.99. The van der Waals surface area contributed by atoms with Crippen LogP contribution in [-0.4, -0.2) is 50.8 Å². The Morgan fingerprint density at radius 3 is 2.53 bits per heavy atom. The van der Waals surface area contributed by atoms with E-state index in [1.54, 1.807) is 52.1 Å². The smallest absolute Gasteiger partial charge is 0.419 e. The van der Waals surface area contributed by atoms with Gasteiger partial charge in [0.25, 0.3) is 0 Å². The molecular formula is C25H30BrN5O5. The maximum Gasteiger partial charge on any atom is 0.419 e. The number of anilines is 1. The van der Waals surface area contributed by atoms with Crippen LogP contribution in [0.1, 0.15) is 52.0 Å². The minimum absolute atomic E-state index is 0.0756. The maximum absolute atomic E-state index is 13.3. The summed E-state index contributed by atoms with van der Waals surface area (Å²) in [5, 5.41) is 3.18. The average molecular weight is 560 g/mol. The fraction of sp³-hybridized carbons (Fsp3) is 0.400. The van der Waals surface area contributed by atoms with Gasteiger partial charge >= 0.3 is 12.2 Å². The molecule has 0 aliphatic rings. The monoisotopic (exact) mass is 559 g/mol. The molecule has 1 atom stereocenters. The number of fused-ring (bicyclic) bond motifs is 1. The van der Waals surface area contributed by atoms with Gasteiger partial charge in [-0.05, 0) is 67.7 Å². The van der Waals surface area contributed by atoms with Crippen molar-refractivity contribution in [3.63, 3.8) is 0 Å². The van der Waals surface area contributed by atoms with Gasteiger partial charge in [-0.1, -0.05) is 13.8 Å². The third kappa shape index (κ3) is 6.39. The number of amides is 1. The first-order valence-corrected chi connectivity index (χ1v) is 12.2. The van der Waals surface area contributed by atoms with Crippen LogP contribution in [-0.2, 0) is 9.47 Å². The van der Waals surface area contributed by atoms with E-state index in [0.717, 1.165) is 0 Å². The van der Waals surface area contributed by atoms with Crippen molar-refractivity contribution < 1.29 is 23.9 Å².